The van der Waals surface area contributed by atoms with E-state index in [9.17, 15) is 14.7 Å². The van der Waals surface area contributed by atoms with Gasteiger partial charge in [-0.2, -0.15) is 0 Å². The molecule has 7 nitrogen and oxygen atoms in total. The van der Waals surface area contributed by atoms with Crippen LogP contribution in [-0.2, 0) is 11.3 Å². The number of piperidine rings is 1. The van der Waals surface area contributed by atoms with Gasteiger partial charge in [-0.3, -0.25) is 18.9 Å². The quantitative estimate of drug-likeness (QED) is 0.625. The number of likely N-dealkylation sites (tertiary alicyclic amines) is 1. The van der Waals surface area contributed by atoms with E-state index in [1.54, 1.807) is 22.7 Å². The molecule has 0 atom stereocenters. The second-order valence-electron chi connectivity index (χ2n) is 7.67. The Bertz CT molecular complexity index is 1150. The number of nitrogens with zero attached hydrogens (tertiary/aromatic N) is 3. The molecule has 1 aliphatic rings. The smallest absolute Gasteiger partial charge is 0.258 e. The molecule has 8 heteroatoms. The Morgan fingerprint density at radius 3 is 2.80 bits per heavy atom. The lowest BCUT2D eigenvalue weighted by Crippen LogP contribution is -2.38. The Morgan fingerprint density at radius 1 is 1.27 bits per heavy atom. The van der Waals surface area contributed by atoms with Gasteiger partial charge in [0.15, 0.2) is 0 Å². The number of halogens is 1. The van der Waals surface area contributed by atoms with Gasteiger partial charge >= 0.3 is 0 Å². The Hall–Kier alpha value is -2.90. The van der Waals surface area contributed by atoms with Crippen LogP contribution in [0.3, 0.4) is 0 Å². The van der Waals surface area contributed by atoms with Crippen molar-refractivity contribution < 1.29 is 9.90 Å². The van der Waals surface area contributed by atoms with Crippen LogP contribution in [0.1, 0.15) is 24.1 Å². The summed E-state index contributed by atoms with van der Waals surface area (Å²) in [6, 6.07) is 9.92. The van der Waals surface area contributed by atoms with E-state index in [4.69, 9.17) is 11.6 Å². The standard InChI is InChI=1S/C22H23ClN4O3/c1-14-3-2-8-27-20(29)12-17(24-21(14)27)13-26-9-6-15(7-10-26)22(30)25-18-11-16(23)4-5-19(18)28/h2-5,8,11-12,15,28H,6-7,9-10,13H2,1H3,(H,25,30). The lowest BCUT2D eigenvalue weighted by Gasteiger charge is -2.31. The number of hydrogen-bond donors (Lipinski definition) is 2. The van der Waals surface area contributed by atoms with Crippen molar-refractivity contribution in [3.8, 4) is 5.75 Å². The van der Waals surface area contributed by atoms with E-state index >= 15 is 0 Å². The zero-order chi connectivity index (χ0) is 21.3. The zero-order valence-electron chi connectivity index (χ0n) is 16.6. The molecule has 0 spiro atoms. The maximum Gasteiger partial charge on any atom is 0.258 e. The van der Waals surface area contributed by atoms with Crippen LogP contribution >= 0.6 is 11.6 Å². The van der Waals surface area contributed by atoms with Crippen molar-refractivity contribution in [2.24, 2.45) is 5.92 Å². The van der Waals surface area contributed by atoms with E-state index in [0.717, 1.165) is 24.3 Å². The number of rotatable bonds is 4. The van der Waals surface area contributed by atoms with Crippen molar-refractivity contribution in [3.05, 3.63) is 69.2 Å². The molecule has 4 rings (SSSR count). The highest BCUT2D eigenvalue weighted by molar-refractivity contribution is 6.31. The lowest BCUT2D eigenvalue weighted by molar-refractivity contribution is -0.121. The van der Waals surface area contributed by atoms with Gasteiger partial charge in [0.2, 0.25) is 5.91 Å². The Labute approximate surface area is 178 Å². The summed E-state index contributed by atoms with van der Waals surface area (Å²) in [7, 11) is 0. The maximum absolute atomic E-state index is 12.6. The summed E-state index contributed by atoms with van der Waals surface area (Å²) in [5.41, 5.74) is 2.60. The minimum atomic E-state index is -0.142. The molecule has 156 valence electrons. The van der Waals surface area contributed by atoms with Crippen LogP contribution < -0.4 is 10.9 Å². The van der Waals surface area contributed by atoms with Crippen molar-refractivity contribution in [1.29, 1.82) is 0 Å². The number of amides is 1. The highest BCUT2D eigenvalue weighted by Gasteiger charge is 2.26. The molecule has 0 saturated carbocycles. The third kappa shape index (κ3) is 4.32. The number of carbonyl (C=O) groups is 1. The molecular weight excluding hydrogens is 404 g/mol. The SMILES string of the molecule is Cc1cccn2c(=O)cc(CN3CCC(C(=O)Nc4cc(Cl)ccc4O)CC3)nc12. The van der Waals surface area contributed by atoms with Crippen molar-refractivity contribution in [1.82, 2.24) is 14.3 Å². The van der Waals surface area contributed by atoms with E-state index in [2.05, 4.69) is 15.2 Å². The summed E-state index contributed by atoms with van der Waals surface area (Å²) < 4.78 is 1.56. The molecular formula is C22H23ClN4O3. The van der Waals surface area contributed by atoms with Crippen LogP contribution in [0.5, 0.6) is 5.75 Å². The second kappa shape index (κ2) is 8.45. The van der Waals surface area contributed by atoms with E-state index in [1.807, 2.05) is 19.1 Å². The van der Waals surface area contributed by atoms with Gasteiger partial charge in [0.25, 0.3) is 5.56 Å². The molecule has 1 aromatic carbocycles. The fourth-order valence-corrected chi connectivity index (χ4v) is 3.99. The van der Waals surface area contributed by atoms with Gasteiger partial charge in [-0.05, 0) is 62.7 Å². The molecule has 2 N–H and O–H groups in total. The highest BCUT2D eigenvalue weighted by atomic mass is 35.5. The predicted octanol–water partition coefficient (Wildman–Crippen LogP) is 3.21. The molecule has 3 aromatic rings. The van der Waals surface area contributed by atoms with Crippen LogP contribution in [0.2, 0.25) is 5.02 Å². The molecule has 0 aliphatic carbocycles. The fourth-order valence-electron chi connectivity index (χ4n) is 3.82. The summed E-state index contributed by atoms with van der Waals surface area (Å²) in [6.07, 6.45) is 3.11. The minimum absolute atomic E-state index is 0.00542. The molecule has 2 aromatic heterocycles. The molecule has 1 aliphatic heterocycles. The number of carbonyl (C=O) groups excluding carboxylic acids is 1. The van der Waals surface area contributed by atoms with Gasteiger partial charge in [0.05, 0.1) is 11.4 Å². The number of benzene rings is 1. The van der Waals surface area contributed by atoms with E-state index in [0.29, 0.717) is 35.7 Å². The molecule has 1 saturated heterocycles. The Morgan fingerprint density at radius 2 is 2.03 bits per heavy atom. The normalized spacial score (nSPS) is 15.4. The van der Waals surface area contributed by atoms with E-state index in [1.165, 1.54) is 12.1 Å². The van der Waals surface area contributed by atoms with Crippen molar-refractivity contribution in [3.63, 3.8) is 0 Å². The number of phenols is 1. The zero-order valence-corrected chi connectivity index (χ0v) is 17.4. The molecule has 3 heterocycles. The summed E-state index contributed by atoms with van der Waals surface area (Å²) in [6.45, 7) is 3.97. The first-order valence-electron chi connectivity index (χ1n) is 9.90. The van der Waals surface area contributed by atoms with Crippen LogP contribution in [0.15, 0.2) is 47.4 Å². The minimum Gasteiger partial charge on any atom is -0.506 e. The summed E-state index contributed by atoms with van der Waals surface area (Å²) >= 11 is 5.94. The summed E-state index contributed by atoms with van der Waals surface area (Å²) in [5, 5.41) is 13.1. The first-order chi connectivity index (χ1) is 14.4. The number of aryl methyl sites for hydroxylation is 1. The van der Waals surface area contributed by atoms with Crippen LogP contribution in [0, 0.1) is 12.8 Å². The molecule has 0 radical (unpaired) electrons. The first-order valence-corrected chi connectivity index (χ1v) is 10.3. The number of pyridine rings is 1. The van der Waals surface area contributed by atoms with Crippen molar-refractivity contribution in [2.45, 2.75) is 26.3 Å². The van der Waals surface area contributed by atoms with Gasteiger partial charge < -0.3 is 10.4 Å². The number of aromatic hydroxyl groups is 1. The Kier molecular flexibility index (Phi) is 5.74. The van der Waals surface area contributed by atoms with Gasteiger partial charge in [0.1, 0.15) is 11.4 Å². The molecule has 30 heavy (non-hydrogen) atoms. The number of phenolic OH excluding ortho intramolecular Hbond substituents is 1. The van der Waals surface area contributed by atoms with E-state index in [-0.39, 0.29) is 23.1 Å². The van der Waals surface area contributed by atoms with Gasteiger partial charge in [-0.15, -0.1) is 0 Å². The van der Waals surface area contributed by atoms with Crippen LogP contribution in [-0.4, -0.2) is 38.4 Å². The number of hydrogen-bond acceptors (Lipinski definition) is 5. The third-order valence-corrected chi connectivity index (χ3v) is 5.73. The van der Waals surface area contributed by atoms with Gasteiger partial charge in [-0.1, -0.05) is 17.7 Å². The predicted molar refractivity (Wildman–Crippen MR) is 116 cm³/mol. The molecule has 1 amide bonds. The number of nitrogens with one attached hydrogen (secondary N) is 1. The molecule has 0 bridgehead atoms. The highest BCUT2D eigenvalue weighted by Crippen LogP contribution is 2.28. The second-order valence-corrected chi connectivity index (χ2v) is 8.11. The fraction of sp³-hybridized carbons (Fsp3) is 0.318. The van der Waals surface area contributed by atoms with Crippen molar-refractivity contribution in [2.75, 3.05) is 18.4 Å². The summed E-state index contributed by atoms with van der Waals surface area (Å²) in [4.78, 5) is 31.8. The average molecular weight is 427 g/mol. The van der Waals surface area contributed by atoms with Gasteiger partial charge in [-0.25, -0.2) is 4.98 Å². The average Bonchev–Trinajstić information content (AvgIpc) is 2.72. The lowest BCUT2D eigenvalue weighted by atomic mass is 9.95. The summed E-state index contributed by atoms with van der Waals surface area (Å²) in [5.74, 6) is -0.267. The van der Waals surface area contributed by atoms with Crippen LogP contribution in [0.25, 0.3) is 5.65 Å². The topological polar surface area (TPSA) is 86.9 Å². The maximum atomic E-state index is 12.6. The number of anilines is 1. The molecule has 0 unspecified atom stereocenters. The number of aromatic nitrogens is 2. The number of fused-ring (bicyclic) bond motifs is 1. The Balaban J connectivity index is 1.38. The monoisotopic (exact) mass is 426 g/mol. The van der Waals surface area contributed by atoms with Gasteiger partial charge in [0, 0.05) is 29.7 Å². The third-order valence-electron chi connectivity index (χ3n) is 5.50. The first kappa shape index (κ1) is 20.4. The molecule has 1 fully saturated rings. The van der Waals surface area contributed by atoms with Crippen LogP contribution in [0.4, 0.5) is 5.69 Å². The van der Waals surface area contributed by atoms with E-state index < -0.39 is 0 Å². The van der Waals surface area contributed by atoms with Crippen molar-refractivity contribution >= 4 is 28.8 Å². The largest absolute Gasteiger partial charge is 0.506 e.